The van der Waals surface area contributed by atoms with Crippen molar-refractivity contribution in [2.75, 3.05) is 6.61 Å². The lowest BCUT2D eigenvalue weighted by Gasteiger charge is -2.30. The van der Waals surface area contributed by atoms with Crippen molar-refractivity contribution in [2.45, 2.75) is 32.5 Å². The summed E-state index contributed by atoms with van der Waals surface area (Å²) in [4.78, 5) is 15.4. The number of carbonyl (C=O) groups is 1. The van der Waals surface area contributed by atoms with Gasteiger partial charge in [0.1, 0.15) is 6.10 Å². The molecule has 1 aromatic carbocycles. The predicted molar refractivity (Wildman–Crippen MR) is 96.5 cm³/mol. The van der Waals surface area contributed by atoms with Gasteiger partial charge in [-0.25, -0.2) is 14.5 Å². The van der Waals surface area contributed by atoms with Gasteiger partial charge in [0.05, 0.1) is 23.0 Å². The van der Waals surface area contributed by atoms with E-state index in [0.29, 0.717) is 23.5 Å². The summed E-state index contributed by atoms with van der Waals surface area (Å²) in [6.45, 7) is 6.05. The van der Waals surface area contributed by atoms with Crippen molar-refractivity contribution >= 4 is 17.0 Å². The fourth-order valence-corrected chi connectivity index (χ4v) is 2.87. The Hall–Kier alpha value is -2.77. The van der Waals surface area contributed by atoms with Crippen LogP contribution in [0.2, 0.25) is 0 Å². The molecule has 0 aliphatic heterocycles. The van der Waals surface area contributed by atoms with Crippen LogP contribution in [0.4, 0.5) is 0 Å². The molecule has 0 amide bonds. The highest BCUT2D eigenvalue weighted by Crippen LogP contribution is 2.30. The van der Waals surface area contributed by atoms with Crippen LogP contribution in [0.5, 0.6) is 0 Å². The number of nitrogens with zero attached hydrogens (tertiary/aromatic N) is 3. The van der Waals surface area contributed by atoms with Gasteiger partial charge < -0.3 is 14.9 Å². The van der Waals surface area contributed by atoms with Crippen molar-refractivity contribution < 1.29 is 19.7 Å². The molecule has 2 N–H and O–H groups in total. The Bertz CT molecular complexity index is 932. The number of fused-ring (bicyclic) bond motifs is 1. The molecule has 0 bridgehead atoms. The highest BCUT2D eigenvalue weighted by Gasteiger charge is 2.30. The fraction of sp³-hybridized carbons (Fsp3) is 0.316. The van der Waals surface area contributed by atoms with E-state index in [1.807, 2.05) is 26.8 Å². The molecule has 0 spiro atoms. The third-order valence-corrected chi connectivity index (χ3v) is 4.28. The van der Waals surface area contributed by atoms with Crippen LogP contribution in [0.3, 0.4) is 0 Å². The van der Waals surface area contributed by atoms with Crippen LogP contribution in [0.1, 0.15) is 42.8 Å². The van der Waals surface area contributed by atoms with E-state index in [0.717, 1.165) is 5.39 Å². The van der Waals surface area contributed by atoms with Crippen molar-refractivity contribution in [3.63, 3.8) is 0 Å². The first-order valence-electron chi connectivity index (χ1n) is 8.33. The largest absolute Gasteiger partial charge is 0.478 e. The maximum absolute atomic E-state index is 11.0. The van der Waals surface area contributed by atoms with Crippen LogP contribution in [0.25, 0.3) is 16.7 Å². The average Bonchev–Trinajstić information content (AvgIpc) is 3.04. The molecule has 136 valence electrons. The molecule has 0 unspecified atom stereocenters. The highest BCUT2D eigenvalue weighted by molar-refractivity contribution is 5.87. The lowest BCUT2D eigenvalue weighted by molar-refractivity contribution is -0.0984. The second kappa shape index (κ2) is 6.86. The molecule has 0 saturated carbocycles. The van der Waals surface area contributed by atoms with Crippen LogP contribution in [-0.2, 0) is 4.74 Å². The van der Waals surface area contributed by atoms with Crippen molar-refractivity contribution in [3.05, 3.63) is 53.9 Å². The Kier molecular flexibility index (Phi) is 4.76. The van der Waals surface area contributed by atoms with Crippen LogP contribution < -0.4 is 0 Å². The summed E-state index contributed by atoms with van der Waals surface area (Å²) < 4.78 is 7.25. The van der Waals surface area contributed by atoms with Crippen LogP contribution in [0, 0.1) is 0 Å². The smallest absolute Gasteiger partial charge is 0.335 e. The lowest BCUT2D eigenvalue weighted by Crippen LogP contribution is -2.32. The van der Waals surface area contributed by atoms with E-state index in [-0.39, 0.29) is 5.56 Å². The van der Waals surface area contributed by atoms with E-state index < -0.39 is 17.7 Å². The molecule has 2 aromatic heterocycles. The topological polar surface area (TPSA) is 97.5 Å². The molecule has 26 heavy (non-hydrogen) atoms. The molecule has 0 radical (unpaired) electrons. The highest BCUT2D eigenvalue weighted by atomic mass is 16.5. The van der Waals surface area contributed by atoms with E-state index in [1.165, 1.54) is 12.1 Å². The third-order valence-electron chi connectivity index (χ3n) is 4.28. The average molecular weight is 355 g/mol. The zero-order chi connectivity index (χ0) is 18.9. The van der Waals surface area contributed by atoms with Gasteiger partial charge in [-0.15, -0.1) is 0 Å². The predicted octanol–water partition coefficient (Wildman–Crippen LogP) is 2.97. The number of carboxylic acids is 1. The Balaban J connectivity index is 1.95. The first-order chi connectivity index (χ1) is 12.3. The normalized spacial score (nSPS) is 13.1. The van der Waals surface area contributed by atoms with Gasteiger partial charge in [-0.2, -0.15) is 5.10 Å². The van der Waals surface area contributed by atoms with Gasteiger partial charge in [0.15, 0.2) is 5.65 Å². The van der Waals surface area contributed by atoms with Gasteiger partial charge in [0, 0.05) is 23.8 Å². The summed E-state index contributed by atoms with van der Waals surface area (Å²) in [6, 6.07) is 8.24. The van der Waals surface area contributed by atoms with Gasteiger partial charge in [0.2, 0.25) is 0 Å². The Morgan fingerprint density at radius 1 is 1.27 bits per heavy atom. The number of rotatable bonds is 6. The molecule has 0 aliphatic rings. The van der Waals surface area contributed by atoms with Gasteiger partial charge >= 0.3 is 5.97 Å². The lowest BCUT2D eigenvalue weighted by atomic mass is 9.95. The summed E-state index contributed by atoms with van der Waals surface area (Å²) in [7, 11) is 0. The minimum atomic E-state index is -0.976. The minimum absolute atomic E-state index is 0.210. The Morgan fingerprint density at radius 3 is 2.58 bits per heavy atom. The molecule has 7 heteroatoms. The molecule has 1 atom stereocenters. The fourth-order valence-electron chi connectivity index (χ4n) is 2.87. The number of aliphatic hydroxyl groups is 1. The van der Waals surface area contributed by atoms with Gasteiger partial charge in [-0.1, -0.05) is 0 Å². The van der Waals surface area contributed by atoms with Crippen molar-refractivity contribution in [3.8, 4) is 5.69 Å². The molecule has 2 heterocycles. The summed E-state index contributed by atoms with van der Waals surface area (Å²) in [5.41, 5.74) is 1.46. The molecule has 0 saturated heterocycles. The minimum Gasteiger partial charge on any atom is -0.478 e. The Labute approximate surface area is 150 Å². The van der Waals surface area contributed by atoms with Crippen molar-refractivity contribution in [1.29, 1.82) is 0 Å². The quantitative estimate of drug-likeness (QED) is 0.705. The summed E-state index contributed by atoms with van der Waals surface area (Å²) in [6.07, 6.45) is 2.45. The standard InChI is InChI=1S/C19H21N3O4/c1-4-26-19(2,3)16(23)13-9-14-11-21-22(17(14)20-10-13)15-7-5-12(6-8-15)18(24)25/h5-11,16,23H,4H2,1-3H3,(H,24,25)/t16-/m0/s1. The second-order valence-electron chi connectivity index (χ2n) is 6.53. The molecule has 7 nitrogen and oxygen atoms in total. The van der Waals surface area contributed by atoms with E-state index in [9.17, 15) is 9.90 Å². The van der Waals surface area contributed by atoms with Crippen LogP contribution in [-0.4, -0.2) is 43.2 Å². The van der Waals surface area contributed by atoms with Crippen LogP contribution in [0.15, 0.2) is 42.7 Å². The van der Waals surface area contributed by atoms with E-state index >= 15 is 0 Å². The first kappa shape index (κ1) is 18.0. The van der Waals surface area contributed by atoms with E-state index in [1.54, 1.807) is 29.2 Å². The SMILES string of the molecule is CCOC(C)(C)[C@@H](O)c1cnc2c(cnn2-c2ccc(C(=O)O)cc2)c1. The number of hydrogen-bond acceptors (Lipinski definition) is 5. The molecular formula is C19H21N3O4. The number of carboxylic acid groups (broad SMARTS) is 1. The molecule has 0 fully saturated rings. The third kappa shape index (κ3) is 3.31. The van der Waals surface area contributed by atoms with E-state index in [2.05, 4.69) is 10.1 Å². The molecular weight excluding hydrogens is 334 g/mol. The second-order valence-corrected chi connectivity index (χ2v) is 6.53. The van der Waals surface area contributed by atoms with E-state index in [4.69, 9.17) is 9.84 Å². The van der Waals surface area contributed by atoms with Gasteiger partial charge in [0.25, 0.3) is 0 Å². The van der Waals surface area contributed by atoms with Crippen LogP contribution >= 0.6 is 0 Å². The zero-order valence-electron chi connectivity index (χ0n) is 14.9. The molecule has 3 aromatic rings. The van der Waals surface area contributed by atoms with Gasteiger partial charge in [-0.05, 0) is 51.1 Å². The summed E-state index contributed by atoms with van der Waals surface area (Å²) in [5, 5.41) is 24.7. The van der Waals surface area contributed by atoms with Crippen molar-refractivity contribution in [1.82, 2.24) is 14.8 Å². The summed E-state index contributed by atoms with van der Waals surface area (Å²) >= 11 is 0. The number of ether oxygens (including phenoxy) is 1. The number of hydrogen-bond donors (Lipinski definition) is 2. The molecule has 3 rings (SSSR count). The number of benzene rings is 1. The number of pyridine rings is 1. The summed E-state index contributed by atoms with van der Waals surface area (Å²) in [5.74, 6) is -0.976. The zero-order valence-corrected chi connectivity index (χ0v) is 14.9. The Morgan fingerprint density at radius 2 is 1.96 bits per heavy atom. The number of aromatic nitrogens is 3. The van der Waals surface area contributed by atoms with Crippen molar-refractivity contribution in [2.24, 2.45) is 0 Å². The number of aliphatic hydroxyl groups excluding tert-OH is 1. The maximum atomic E-state index is 11.0. The molecule has 0 aliphatic carbocycles. The maximum Gasteiger partial charge on any atom is 0.335 e. The van der Waals surface area contributed by atoms with Gasteiger partial charge in [-0.3, -0.25) is 0 Å². The monoisotopic (exact) mass is 355 g/mol. The first-order valence-corrected chi connectivity index (χ1v) is 8.33. The number of aromatic carboxylic acids is 1.